The molecule has 0 saturated carbocycles. The predicted molar refractivity (Wildman–Crippen MR) is 61.7 cm³/mol. The molecule has 18 heavy (non-hydrogen) atoms. The van der Waals surface area contributed by atoms with Gasteiger partial charge in [-0.05, 0) is 29.3 Å². The van der Waals surface area contributed by atoms with E-state index in [0.29, 0.717) is 18.7 Å². The first-order valence-electron chi connectivity index (χ1n) is 5.38. The zero-order valence-corrected chi connectivity index (χ0v) is 9.79. The highest BCUT2D eigenvalue weighted by atomic mass is 16.5. The molecule has 0 spiro atoms. The van der Waals surface area contributed by atoms with Gasteiger partial charge in [0.2, 0.25) is 5.89 Å². The van der Waals surface area contributed by atoms with E-state index in [-0.39, 0.29) is 5.82 Å². The van der Waals surface area contributed by atoms with Gasteiger partial charge in [0.15, 0.2) is 0 Å². The lowest BCUT2D eigenvalue weighted by Crippen LogP contribution is -1.99. The first-order chi connectivity index (χ1) is 8.69. The van der Waals surface area contributed by atoms with Crippen LogP contribution in [0.5, 0.6) is 5.75 Å². The highest BCUT2D eigenvalue weighted by molar-refractivity contribution is 5.82. The molecular formula is C12H12N2O4. The number of aromatic carboxylic acids is 1. The quantitative estimate of drug-likeness (QED) is 0.864. The van der Waals surface area contributed by atoms with Crippen molar-refractivity contribution in [3.8, 4) is 5.75 Å². The Morgan fingerprint density at radius 2 is 2.06 bits per heavy atom. The molecule has 1 aromatic carbocycles. The third-order valence-electron chi connectivity index (χ3n) is 2.45. The van der Waals surface area contributed by atoms with Crippen molar-refractivity contribution in [2.24, 2.45) is 0 Å². The van der Waals surface area contributed by atoms with Gasteiger partial charge in [0.25, 0.3) is 5.82 Å². The number of ether oxygens (including phenoxy) is 1. The van der Waals surface area contributed by atoms with Crippen molar-refractivity contribution in [3.05, 3.63) is 41.5 Å². The van der Waals surface area contributed by atoms with Gasteiger partial charge in [-0.1, -0.05) is 12.1 Å². The Kier molecular flexibility index (Phi) is 3.57. The van der Waals surface area contributed by atoms with E-state index in [1.165, 1.54) is 0 Å². The Hall–Kier alpha value is -2.37. The van der Waals surface area contributed by atoms with Gasteiger partial charge in [0.05, 0.1) is 7.11 Å². The summed E-state index contributed by atoms with van der Waals surface area (Å²) >= 11 is 0. The lowest BCUT2D eigenvalue weighted by atomic mass is 10.1. The van der Waals surface area contributed by atoms with Crippen molar-refractivity contribution in [2.45, 2.75) is 12.8 Å². The van der Waals surface area contributed by atoms with Crippen molar-refractivity contribution in [3.63, 3.8) is 0 Å². The van der Waals surface area contributed by atoms with Crippen molar-refractivity contribution in [1.82, 2.24) is 10.1 Å². The van der Waals surface area contributed by atoms with Crippen LogP contribution >= 0.6 is 0 Å². The molecule has 1 N–H and O–H groups in total. The summed E-state index contributed by atoms with van der Waals surface area (Å²) in [5.74, 6) is -0.373. The lowest BCUT2D eigenvalue weighted by Gasteiger charge is -2.01. The van der Waals surface area contributed by atoms with Crippen LogP contribution in [0.1, 0.15) is 22.1 Å². The fourth-order valence-electron chi connectivity index (χ4n) is 1.49. The van der Waals surface area contributed by atoms with Crippen LogP contribution in [0.15, 0.2) is 28.8 Å². The van der Waals surface area contributed by atoms with Crippen LogP contribution in [0, 0.1) is 0 Å². The molecule has 0 aliphatic heterocycles. The summed E-state index contributed by atoms with van der Waals surface area (Å²) in [7, 11) is 1.61. The number of carboxylic acid groups (broad SMARTS) is 1. The Bertz CT molecular complexity index is 533. The normalized spacial score (nSPS) is 10.3. The number of methoxy groups -OCH3 is 1. The zero-order valence-electron chi connectivity index (χ0n) is 9.79. The molecule has 6 nitrogen and oxygen atoms in total. The number of carbonyl (C=O) groups is 1. The van der Waals surface area contributed by atoms with Crippen LogP contribution < -0.4 is 4.74 Å². The molecule has 6 heteroatoms. The van der Waals surface area contributed by atoms with E-state index in [2.05, 4.69) is 10.1 Å². The van der Waals surface area contributed by atoms with Gasteiger partial charge in [-0.3, -0.25) is 0 Å². The molecule has 1 aromatic heterocycles. The number of aryl methyl sites for hydroxylation is 2. The third kappa shape index (κ3) is 2.85. The van der Waals surface area contributed by atoms with Crippen LogP contribution in [0.25, 0.3) is 0 Å². The number of hydrogen-bond acceptors (Lipinski definition) is 5. The Morgan fingerprint density at radius 3 is 2.61 bits per heavy atom. The summed E-state index contributed by atoms with van der Waals surface area (Å²) in [5.41, 5.74) is 1.09. The van der Waals surface area contributed by atoms with E-state index in [1.54, 1.807) is 7.11 Å². The number of nitrogens with zero attached hydrogens (tertiary/aromatic N) is 2. The zero-order chi connectivity index (χ0) is 13.0. The predicted octanol–water partition coefficient (Wildman–Crippen LogP) is 1.56. The second-order valence-electron chi connectivity index (χ2n) is 3.66. The molecule has 0 fully saturated rings. The summed E-state index contributed by atoms with van der Waals surface area (Å²) in [6.45, 7) is 0. The molecule has 94 valence electrons. The summed E-state index contributed by atoms with van der Waals surface area (Å²) < 4.78 is 9.88. The minimum absolute atomic E-state index is 0.306. The van der Waals surface area contributed by atoms with Gasteiger partial charge in [-0.2, -0.15) is 4.98 Å². The van der Waals surface area contributed by atoms with Gasteiger partial charge >= 0.3 is 5.97 Å². The van der Waals surface area contributed by atoms with Crippen LogP contribution in [0.2, 0.25) is 0 Å². The second kappa shape index (κ2) is 5.31. The van der Waals surface area contributed by atoms with Gasteiger partial charge in [0, 0.05) is 6.42 Å². The molecule has 0 amide bonds. The summed E-state index contributed by atoms with van der Waals surface area (Å²) in [5, 5.41) is 12.0. The largest absolute Gasteiger partial charge is 0.497 e. The van der Waals surface area contributed by atoms with E-state index in [1.807, 2.05) is 24.3 Å². The molecule has 0 saturated heterocycles. The van der Waals surface area contributed by atoms with E-state index in [9.17, 15) is 4.79 Å². The third-order valence-corrected chi connectivity index (χ3v) is 2.45. The first kappa shape index (κ1) is 12.1. The van der Waals surface area contributed by atoms with Crippen molar-refractivity contribution < 1.29 is 19.2 Å². The molecule has 0 aliphatic carbocycles. The van der Waals surface area contributed by atoms with Crippen LogP contribution in [0.4, 0.5) is 0 Å². The monoisotopic (exact) mass is 248 g/mol. The molecule has 0 radical (unpaired) electrons. The van der Waals surface area contributed by atoms with Gasteiger partial charge in [-0.15, -0.1) is 0 Å². The minimum Gasteiger partial charge on any atom is -0.497 e. The fourth-order valence-corrected chi connectivity index (χ4v) is 1.49. The van der Waals surface area contributed by atoms with Crippen molar-refractivity contribution in [1.29, 1.82) is 0 Å². The van der Waals surface area contributed by atoms with Gasteiger partial charge in [0.1, 0.15) is 5.75 Å². The Morgan fingerprint density at radius 1 is 1.33 bits per heavy atom. The highest BCUT2D eigenvalue weighted by Gasteiger charge is 2.12. The number of carboxylic acids is 1. The maximum atomic E-state index is 10.6. The maximum Gasteiger partial charge on any atom is 0.377 e. The average molecular weight is 248 g/mol. The van der Waals surface area contributed by atoms with Crippen LogP contribution in [-0.4, -0.2) is 28.3 Å². The van der Waals surface area contributed by atoms with E-state index >= 15 is 0 Å². The van der Waals surface area contributed by atoms with Gasteiger partial charge < -0.3 is 14.4 Å². The van der Waals surface area contributed by atoms with Crippen molar-refractivity contribution in [2.75, 3.05) is 7.11 Å². The molecule has 2 aromatic rings. The van der Waals surface area contributed by atoms with E-state index in [4.69, 9.17) is 14.4 Å². The number of aromatic nitrogens is 2. The van der Waals surface area contributed by atoms with Crippen molar-refractivity contribution >= 4 is 5.97 Å². The van der Waals surface area contributed by atoms with E-state index < -0.39 is 5.97 Å². The summed E-state index contributed by atoms with van der Waals surface area (Å²) in [6, 6.07) is 7.61. The Labute approximate surface area is 103 Å². The van der Waals surface area contributed by atoms with Crippen LogP contribution in [-0.2, 0) is 12.8 Å². The maximum absolute atomic E-state index is 10.6. The molecule has 0 bridgehead atoms. The highest BCUT2D eigenvalue weighted by Crippen LogP contribution is 2.13. The average Bonchev–Trinajstić information content (AvgIpc) is 2.86. The molecule has 2 rings (SSSR count). The number of rotatable bonds is 5. The van der Waals surface area contributed by atoms with E-state index in [0.717, 1.165) is 11.3 Å². The Balaban J connectivity index is 1.95. The second-order valence-corrected chi connectivity index (χ2v) is 3.66. The fraction of sp³-hybridized carbons (Fsp3) is 0.250. The minimum atomic E-state index is -1.19. The summed E-state index contributed by atoms with van der Waals surface area (Å²) in [4.78, 5) is 14.3. The van der Waals surface area contributed by atoms with Crippen LogP contribution in [0.3, 0.4) is 0 Å². The number of benzene rings is 1. The molecule has 0 unspecified atom stereocenters. The molecule has 0 atom stereocenters. The molecule has 1 heterocycles. The first-order valence-corrected chi connectivity index (χ1v) is 5.38. The lowest BCUT2D eigenvalue weighted by molar-refractivity contribution is 0.0680. The van der Waals surface area contributed by atoms with Gasteiger partial charge in [-0.25, -0.2) is 4.79 Å². The summed E-state index contributed by atoms with van der Waals surface area (Å²) in [6.07, 6.45) is 1.21. The molecular weight excluding hydrogens is 236 g/mol. The topological polar surface area (TPSA) is 85.5 Å². The number of hydrogen-bond donors (Lipinski definition) is 1. The standard InChI is InChI=1S/C12H12N2O4/c1-17-9-5-2-8(3-6-9)4-7-10-13-11(12(15)16)14-18-10/h2-3,5-6H,4,7H2,1H3,(H,15,16). The molecule has 0 aliphatic rings. The SMILES string of the molecule is COc1ccc(CCc2nc(C(=O)O)no2)cc1. The smallest absolute Gasteiger partial charge is 0.377 e.